The van der Waals surface area contributed by atoms with Crippen molar-refractivity contribution < 1.29 is 9.59 Å². The highest BCUT2D eigenvalue weighted by Crippen LogP contribution is 2.27. The van der Waals surface area contributed by atoms with Gasteiger partial charge in [-0.05, 0) is 37.8 Å². The summed E-state index contributed by atoms with van der Waals surface area (Å²) in [6, 6.07) is 9.56. The Balaban J connectivity index is 1.58. The number of rotatable bonds is 5. The fourth-order valence-electron chi connectivity index (χ4n) is 3.03. The van der Waals surface area contributed by atoms with Gasteiger partial charge in [-0.15, -0.1) is 0 Å². The summed E-state index contributed by atoms with van der Waals surface area (Å²) in [6.45, 7) is 3.81. The van der Waals surface area contributed by atoms with Crippen LogP contribution in [0.4, 0.5) is 11.5 Å². The first kappa shape index (κ1) is 17.1. The van der Waals surface area contributed by atoms with Crippen molar-refractivity contribution in [1.82, 2.24) is 9.97 Å². The third-order valence-electron chi connectivity index (χ3n) is 4.35. The van der Waals surface area contributed by atoms with Gasteiger partial charge in [0.15, 0.2) is 0 Å². The fourth-order valence-corrected chi connectivity index (χ4v) is 3.03. The van der Waals surface area contributed by atoms with E-state index in [-0.39, 0.29) is 24.2 Å². The molecule has 1 atom stereocenters. The molecule has 1 aliphatic heterocycles. The van der Waals surface area contributed by atoms with Gasteiger partial charge in [0, 0.05) is 29.8 Å². The van der Waals surface area contributed by atoms with E-state index in [0.29, 0.717) is 24.5 Å². The zero-order valence-electron chi connectivity index (χ0n) is 14.5. The van der Waals surface area contributed by atoms with Crippen molar-refractivity contribution >= 4 is 23.3 Å². The van der Waals surface area contributed by atoms with Crippen molar-refractivity contribution in [2.75, 3.05) is 10.6 Å². The molecule has 0 aliphatic carbocycles. The van der Waals surface area contributed by atoms with Crippen LogP contribution in [0, 0.1) is 12.8 Å². The van der Waals surface area contributed by atoms with Crippen LogP contribution in [0.1, 0.15) is 36.8 Å². The number of anilines is 2. The van der Waals surface area contributed by atoms with Gasteiger partial charge in [0.2, 0.25) is 11.8 Å². The molecule has 6 nitrogen and oxygen atoms in total. The molecule has 3 rings (SSSR count). The average Bonchev–Trinajstić information content (AvgIpc) is 2.59. The van der Waals surface area contributed by atoms with Crippen LogP contribution in [0.3, 0.4) is 0 Å². The highest BCUT2D eigenvalue weighted by Gasteiger charge is 2.26. The van der Waals surface area contributed by atoms with Crippen molar-refractivity contribution in [2.45, 2.75) is 39.5 Å². The van der Waals surface area contributed by atoms with Gasteiger partial charge in [-0.2, -0.15) is 0 Å². The molecule has 1 aromatic heterocycles. The van der Waals surface area contributed by atoms with Crippen LogP contribution in [-0.2, 0) is 22.4 Å². The molecule has 6 heteroatoms. The molecule has 130 valence electrons. The van der Waals surface area contributed by atoms with Gasteiger partial charge < -0.3 is 10.6 Å². The molecule has 0 fully saturated rings. The predicted octanol–water partition coefficient (Wildman–Crippen LogP) is 2.88. The molecular weight excluding hydrogens is 316 g/mol. The molecule has 0 spiro atoms. The van der Waals surface area contributed by atoms with Crippen molar-refractivity contribution in [2.24, 2.45) is 5.92 Å². The lowest BCUT2D eigenvalue weighted by Gasteiger charge is -2.24. The van der Waals surface area contributed by atoms with E-state index in [1.54, 1.807) is 13.0 Å². The summed E-state index contributed by atoms with van der Waals surface area (Å²) < 4.78 is 0. The molecule has 0 saturated heterocycles. The second-order valence-corrected chi connectivity index (χ2v) is 6.28. The number of aryl methyl sites for hydroxylation is 2. The predicted molar refractivity (Wildman–Crippen MR) is 96.3 cm³/mol. The Morgan fingerprint density at radius 3 is 2.92 bits per heavy atom. The zero-order valence-corrected chi connectivity index (χ0v) is 14.5. The largest absolute Gasteiger partial charge is 0.326 e. The third kappa shape index (κ3) is 4.21. The van der Waals surface area contributed by atoms with Crippen LogP contribution in [-0.4, -0.2) is 21.8 Å². The van der Waals surface area contributed by atoms with E-state index in [9.17, 15) is 9.59 Å². The average molecular weight is 338 g/mol. The molecule has 0 unspecified atom stereocenters. The Kier molecular flexibility index (Phi) is 5.07. The number of hydrogen-bond donors (Lipinski definition) is 2. The summed E-state index contributed by atoms with van der Waals surface area (Å²) in [5.74, 6) is 0.828. The molecule has 2 heterocycles. The lowest BCUT2D eigenvalue weighted by Crippen LogP contribution is -2.30. The molecular formula is C19H22N4O2. The Morgan fingerprint density at radius 2 is 2.12 bits per heavy atom. The van der Waals surface area contributed by atoms with Crippen molar-refractivity contribution in [3.63, 3.8) is 0 Å². The maximum atomic E-state index is 12.2. The van der Waals surface area contributed by atoms with E-state index >= 15 is 0 Å². The highest BCUT2D eigenvalue weighted by molar-refractivity contribution is 5.96. The maximum absolute atomic E-state index is 12.2. The molecule has 1 aromatic carbocycles. The molecule has 2 N–H and O–H groups in total. The number of carbonyl (C=O) groups is 2. The summed E-state index contributed by atoms with van der Waals surface area (Å²) in [5.41, 5.74) is 2.88. The Labute approximate surface area is 147 Å². The van der Waals surface area contributed by atoms with Gasteiger partial charge in [0.25, 0.3) is 0 Å². The van der Waals surface area contributed by atoms with E-state index in [2.05, 4.69) is 20.6 Å². The number of hydrogen-bond acceptors (Lipinski definition) is 4. The van der Waals surface area contributed by atoms with Crippen LogP contribution in [0.15, 0.2) is 30.3 Å². The number of carbonyl (C=O) groups excluding carboxylic acids is 2. The zero-order chi connectivity index (χ0) is 17.8. The number of amides is 2. The summed E-state index contributed by atoms with van der Waals surface area (Å²) >= 11 is 0. The van der Waals surface area contributed by atoms with Crippen LogP contribution in [0.25, 0.3) is 0 Å². The minimum Gasteiger partial charge on any atom is -0.326 e. The number of nitrogens with one attached hydrogen (secondary N) is 2. The lowest BCUT2D eigenvalue weighted by atomic mass is 9.89. The van der Waals surface area contributed by atoms with E-state index in [1.807, 2.05) is 31.2 Å². The summed E-state index contributed by atoms with van der Waals surface area (Å²) in [6.07, 6.45) is 2.25. The van der Waals surface area contributed by atoms with Gasteiger partial charge >= 0.3 is 0 Å². The molecule has 2 aromatic rings. The van der Waals surface area contributed by atoms with Gasteiger partial charge in [-0.25, -0.2) is 9.97 Å². The molecule has 1 aliphatic rings. The SMILES string of the molecule is CCc1cc(NC(=O)CC[C@H]2Cc3ccccc3NC2=O)nc(C)n1. The molecule has 2 amide bonds. The normalized spacial score (nSPS) is 16.1. The summed E-state index contributed by atoms with van der Waals surface area (Å²) in [5, 5.41) is 5.72. The quantitative estimate of drug-likeness (QED) is 0.878. The number of nitrogens with zero attached hydrogens (tertiary/aromatic N) is 2. The second kappa shape index (κ2) is 7.42. The molecule has 25 heavy (non-hydrogen) atoms. The standard InChI is InChI=1S/C19H22N4O2/c1-3-15-11-17(21-12(2)20-15)23-18(24)9-8-14-10-13-6-4-5-7-16(13)22-19(14)25/h4-7,11,14H,3,8-10H2,1-2H3,(H,22,25)(H,20,21,23,24)/t14-/m0/s1. The summed E-state index contributed by atoms with van der Waals surface area (Å²) in [7, 11) is 0. The van der Waals surface area contributed by atoms with E-state index in [0.717, 1.165) is 23.4 Å². The highest BCUT2D eigenvalue weighted by atomic mass is 16.2. The van der Waals surface area contributed by atoms with Gasteiger partial charge in [-0.3, -0.25) is 9.59 Å². The number of benzene rings is 1. The number of fused-ring (bicyclic) bond motifs is 1. The Hall–Kier alpha value is -2.76. The van der Waals surface area contributed by atoms with Crippen molar-refractivity contribution in [3.8, 4) is 0 Å². The van der Waals surface area contributed by atoms with E-state index in [4.69, 9.17) is 0 Å². The lowest BCUT2D eigenvalue weighted by molar-refractivity contribution is -0.121. The molecule has 0 bridgehead atoms. The second-order valence-electron chi connectivity index (χ2n) is 6.28. The smallest absolute Gasteiger partial charge is 0.227 e. The minimum absolute atomic E-state index is 0.0161. The van der Waals surface area contributed by atoms with Gasteiger partial charge in [-0.1, -0.05) is 25.1 Å². The van der Waals surface area contributed by atoms with Gasteiger partial charge in [0.1, 0.15) is 11.6 Å². The monoisotopic (exact) mass is 338 g/mol. The molecule has 0 radical (unpaired) electrons. The maximum Gasteiger partial charge on any atom is 0.227 e. The first-order valence-electron chi connectivity index (χ1n) is 8.58. The fraction of sp³-hybridized carbons (Fsp3) is 0.368. The van der Waals surface area contributed by atoms with Crippen LogP contribution in [0.2, 0.25) is 0 Å². The van der Waals surface area contributed by atoms with Crippen LogP contribution < -0.4 is 10.6 Å². The van der Waals surface area contributed by atoms with Crippen LogP contribution >= 0.6 is 0 Å². The van der Waals surface area contributed by atoms with Gasteiger partial charge in [0.05, 0.1) is 0 Å². The molecule has 0 saturated carbocycles. The number of aromatic nitrogens is 2. The topological polar surface area (TPSA) is 84.0 Å². The van der Waals surface area contributed by atoms with Crippen molar-refractivity contribution in [3.05, 3.63) is 47.4 Å². The van der Waals surface area contributed by atoms with E-state index in [1.165, 1.54) is 0 Å². The minimum atomic E-state index is -0.181. The first-order valence-corrected chi connectivity index (χ1v) is 8.58. The van der Waals surface area contributed by atoms with E-state index < -0.39 is 0 Å². The Bertz CT molecular complexity index is 804. The van der Waals surface area contributed by atoms with Crippen molar-refractivity contribution in [1.29, 1.82) is 0 Å². The van der Waals surface area contributed by atoms with Crippen LogP contribution in [0.5, 0.6) is 0 Å². The number of para-hydroxylation sites is 1. The third-order valence-corrected chi connectivity index (χ3v) is 4.35. The summed E-state index contributed by atoms with van der Waals surface area (Å²) in [4.78, 5) is 32.9. The Morgan fingerprint density at radius 1 is 1.32 bits per heavy atom. The first-order chi connectivity index (χ1) is 12.0.